The van der Waals surface area contributed by atoms with Gasteiger partial charge in [-0.3, -0.25) is 0 Å². The van der Waals surface area contributed by atoms with Crippen molar-refractivity contribution in [3.8, 4) is 0 Å². The molecule has 104 valence electrons. The number of pyridine rings is 1. The lowest BCUT2D eigenvalue weighted by atomic mass is 10.1. The van der Waals surface area contributed by atoms with E-state index in [0.29, 0.717) is 24.7 Å². The van der Waals surface area contributed by atoms with E-state index in [-0.39, 0.29) is 17.8 Å². The number of nitrogen functional groups attached to an aromatic ring is 1. The smallest absolute Gasteiger partial charge is 0.354 e. The maximum atomic E-state index is 11.0. The number of nitrogens with two attached hydrogens (primary N) is 1. The molecule has 1 aliphatic rings. The van der Waals surface area contributed by atoms with Crippen molar-refractivity contribution in [1.29, 1.82) is 0 Å². The second kappa shape index (κ2) is 5.44. The van der Waals surface area contributed by atoms with Crippen LogP contribution in [0, 0.1) is 0 Å². The van der Waals surface area contributed by atoms with Crippen LogP contribution >= 0.6 is 0 Å². The summed E-state index contributed by atoms with van der Waals surface area (Å²) < 4.78 is 5.62. The van der Waals surface area contributed by atoms with Gasteiger partial charge in [0.25, 0.3) is 0 Å². The Balaban J connectivity index is 2.37. The fraction of sp³-hybridized carbons (Fsp3) is 0.538. The molecular weight excluding hydrogens is 246 g/mol. The lowest BCUT2D eigenvalue weighted by Crippen LogP contribution is -2.49. The number of hydrogen-bond acceptors (Lipinski definition) is 5. The third kappa shape index (κ3) is 2.78. The lowest BCUT2D eigenvalue weighted by molar-refractivity contribution is 0.0297. The van der Waals surface area contributed by atoms with Gasteiger partial charge >= 0.3 is 5.97 Å². The number of carbonyl (C=O) groups is 1. The van der Waals surface area contributed by atoms with E-state index in [0.717, 1.165) is 6.42 Å². The average molecular weight is 265 g/mol. The van der Waals surface area contributed by atoms with Crippen molar-refractivity contribution in [3.05, 3.63) is 17.8 Å². The van der Waals surface area contributed by atoms with Gasteiger partial charge in [0.1, 0.15) is 0 Å². The van der Waals surface area contributed by atoms with Crippen LogP contribution in [0.25, 0.3) is 0 Å². The van der Waals surface area contributed by atoms with Crippen molar-refractivity contribution in [1.82, 2.24) is 4.98 Å². The number of aromatic nitrogens is 1. The third-order valence-electron chi connectivity index (χ3n) is 3.34. The summed E-state index contributed by atoms with van der Waals surface area (Å²) in [5, 5.41) is 9.03. The number of aromatic carboxylic acids is 1. The highest BCUT2D eigenvalue weighted by Gasteiger charge is 2.28. The highest BCUT2D eigenvalue weighted by molar-refractivity contribution is 5.87. The van der Waals surface area contributed by atoms with E-state index in [2.05, 4.69) is 16.8 Å². The number of hydrogen-bond donors (Lipinski definition) is 2. The molecule has 0 aliphatic carbocycles. The van der Waals surface area contributed by atoms with Gasteiger partial charge in [0.05, 0.1) is 24.4 Å². The van der Waals surface area contributed by atoms with E-state index in [4.69, 9.17) is 15.6 Å². The first-order valence-corrected chi connectivity index (χ1v) is 6.41. The Hall–Kier alpha value is -1.82. The van der Waals surface area contributed by atoms with Gasteiger partial charge in [-0.2, -0.15) is 0 Å². The Labute approximate surface area is 112 Å². The van der Waals surface area contributed by atoms with Crippen molar-refractivity contribution in [2.45, 2.75) is 32.4 Å². The average Bonchev–Trinajstić information content (AvgIpc) is 2.39. The molecule has 2 atom stereocenters. The van der Waals surface area contributed by atoms with E-state index >= 15 is 0 Å². The molecule has 2 heterocycles. The fourth-order valence-electron chi connectivity index (χ4n) is 2.25. The van der Waals surface area contributed by atoms with E-state index in [1.54, 1.807) is 6.07 Å². The lowest BCUT2D eigenvalue weighted by Gasteiger charge is -2.39. The fourth-order valence-corrected chi connectivity index (χ4v) is 2.25. The Bertz CT molecular complexity index is 478. The number of nitrogens with zero attached hydrogens (tertiary/aromatic N) is 2. The predicted molar refractivity (Wildman–Crippen MR) is 72.4 cm³/mol. The van der Waals surface area contributed by atoms with Crippen LogP contribution in [0.15, 0.2) is 12.1 Å². The van der Waals surface area contributed by atoms with Crippen LogP contribution in [-0.2, 0) is 4.74 Å². The summed E-state index contributed by atoms with van der Waals surface area (Å²) in [5.74, 6) is -0.502. The largest absolute Gasteiger partial charge is 0.477 e. The molecule has 0 amide bonds. The second-order valence-electron chi connectivity index (χ2n) is 4.77. The molecule has 1 aromatic rings. The molecule has 1 saturated heterocycles. The molecule has 6 heteroatoms. The van der Waals surface area contributed by atoms with Gasteiger partial charge in [-0.15, -0.1) is 0 Å². The van der Waals surface area contributed by atoms with Crippen LogP contribution < -0.4 is 10.6 Å². The molecule has 1 aromatic heterocycles. The number of morpholine rings is 1. The minimum Gasteiger partial charge on any atom is -0.477 e. The molecule has 6 nitrogen and oxygen atoms in total. The third-order valence-corrected chi connectivity index (χ3v) is 3.34. The van der Waals surface area contributed by atoms with Crippen LogP contribution in [0.4, 0.5) is 11.5 Å². The molecule has 2 unspecified atom stereocenters. The molecule has 1 aliphatic heterocycles. The van der Waals surface area contributed by atoms with Gasteiger partial charge in [-0.05, 0) is 25.5 Å². The highest BCUT2D eigenvalue weighted by Crippen LogP contribution is 2.27. The van der Waals surface area contributed by atoms with Crippen molar-refractivity contribution in [2.24, 2.45) is 0 Å². The molecule has 3 N–H and O–H groups in total. The predicted octanol–water partition coefficient (Wildman–Crippen LogP) is 1.37. The first kappa shape index (κ1) is 13.6. The minimum absolute atomic E-state index is 0.0122. The van der Waals surface area contributed by atoms with Gasteiger partial charge in [0, 0.05) is 6.54 Å². The number of ether oxygens (including phenoxy) is 1. The maximum Gasteiger partial charge on any atom is 0.354 e. The number of carboxylic acids is 1. The van der Waals surface area contributed by atoms with Crippen LogP contribution in [-0.4, -0.2) is 41.4 Å². The zero-order valence-electron chi connectivity index (χ0n) is 11.2. The maximum absolute atomic E-state index is 11.0. The molecule has 0 radical (unpaired) electrons. The monoisotopic (exact) mass is 265 g/mol. The molecule has 2 rings (SSSR count). The molecule has 0 spiro atoms. The van der Waals surface area contributed by atoms with E-state index < -0.39 is 5.97 Å². The van der Waals surface area contributed by atoms with E-state index in [9.17, 15) is 4.79 Å². The van der Waals surface area contributed by atoms with Crippen LogP contribution in [0.5, 0.6) is 0 Å². The first-order valence-electron chi connectivity index (χ1n) is 6.41. The summed E-state index contributed by atoms with van der Waals surface area (Å²) in [7, 11) is 0. The van der Waals surface area contributed by atoms with Crippen molar-refractivity contribution in [2.75, 3.05) is 23.8 Å². The summed E-state index contributed by atoms with van der Waals surface area (Å²) in [6.45, 7) is 5.32. The number of rotatable bonds is 3. The molecule has 0 saturated carbocycles. The Morgan fingerprint density at radius 1 is 1.63 bits per heavy atom. The van der Waals surface area contributed by atoms with Gasteiger partial charge < -0.3 is 20.5 Å². The molecular formula is C13H19N3O3. The Morgan fingerprint density at radius 3 is 3.00 bits per heavy atom. The summed E-state index contributed by atoms with van der Waals surface area (Å²) in [5.41, 5.74) is 6.45. The second-order valence-corrected chi connectivity index (χ2v) is 4.77. The molecule has 0 bridgehead atoms. The quantitative estimate of drug-likeness (QED) is 0.858. The Kier molecular flexibility index (Phi) is 3.90. The normalized spacial score (nSPS) is 23.4. The van der Waals surface area contributed by atoms with Gasteiger partial charge in [-0.25, -0.2) is 9.78 Å². The van der Waals surface area contributed by atoms with Crippen molar-refractivity contribution >= 4 is 17.5 Å². The number of carboxylic acid groups (broad SMARTS) is 1. The van der Waals surface area contributed by atoms with Gasteiger partial charge in [0.2, 0.25) is 0 Å². The first-order chi connectivity index (χ1) is 9.02. The topological polar surface area (TPSA) is 88.7 Å². The zero-order valence-corrected chi connectivity index (χ0v) is 11.2. The molecule has 0 aromatic carbocycles. The van der Waals surface area contributed by atoms with Crippen LogP contribution in [0.2, 0.25) is 0 Å². The van der Waals surface area contributed by atoms with Crippen LogP contribution in [0.3, 0.4) is 0 Å². The summed E-state index contributed by atoms with van der Waals surface area (Å²) in [6.07, 6.45) is 0.975. The zero-order chi connectivity index (χ0) is 14.0. The minimum atomic E-state index is -1.05. The highest BCUT2D eigenvalue weighted by atomic mass is 16.5. The summed E-state index contributed by atoms with van der Waals surface area (Å²) in [6, 6.07) is 3.19. The van der Waals surface area contributed by atoms with Crippen molar-refractivity contribution in [3.63, 3.8) is 0 Å². The van der Waals surface area contributed by atoms with Gasteiger partial charge in [-0.1, -0.05) is 6.92 Å². The van der Waals surface area contributed by atoms with Crippen LogP contribution in [0.1, 0.15) is 30.8 Å². The van der Waals surface area contributed by atoms with Gasteiger partial charge in [0.15, 0.2) is 11.5 Å². The molecule has 1 fully saturated rings. The summed E-state index contributed by atoms with van der Waals surface area (Å²) in [4.78, 5) is 17.2. The van der Waals surface area contributed by atoms with E-state index in [1.807, 2.05) is 6.92 Å². The Morgan fingerprint density at radius 2 is 2.37 bits per heavy atom. The molecule has 19 heavy (non-hydrogen) atoms. The standard InChI is InChI=1S/C13H19N3O3/c1-3-9-7-19-8(2)6-16(9)12-10(14)4-5-11(15-12)13(17)18/h4-5,8-9H,3,6-7,14H2,1-2H3,(H,17,18). The number of anilines is 2. The SMILES string of the molecule is CCC1COC(C)CN1c1nc(C(=O)O)ccc1N. The van der Waals surface area contributed by atoms with Crippen molar-refractivity contribution < 1.29 is 14.6 Å². The summed E-state index contributed by atoms with van der Waals surface area (Å²) >= 11 is 0. The van der Waals surface area contributed by atoms with E-state index in [1.165, 1.54) is 6.07 Å².